The number of hydrogen-bond acceptors (Lipinski definition) is 4. The van der Waals surface area contributed by atoms with E-state index in [1.165, 1.54) is 0 Å². The quantitative estimate of drug-likeness (QED) is 0.418. The van der Waals surface area contributed by atoms with Crippen molar-refractivity contribution in [2.24, 2.45) is 5.92 Å². The zero-order chi connectivity index (χ0) is 20.3. The normalized spacial score (nSPS) is 22.0. The van der Waals surface area contributed by atoms with Gasteiger partial charge in [-0.3, -0.25) is 0 Å². The Kier molecular flexibility index (Phi) is 6.73. The van der Waals surface area contributed by atoms with Crippen LogP contribution in [0.4, 0.5) is 0 Å². The first-order valence-corrected chi connectivity index (χ1v) is 10.6. The predicted octanol–water partition coefficient (Wildman–Crippen LogP) is 5.67. The zero-order valence-corrected chi connectivity index (χ0v) is 18.4. The summed E-state index contributed by atoms with van der Waals surface area (Å²) in [5.41, 5.74) is 1.91. The van der Waals surface area contributed by atoms with Crippen LogP contribution in [-0.4, -0.2) is 24.0 Å². The Balaban J connectivity index is 2.14. The number of halogens is 2. The van der Waals surface area contributed by atoms with E-state index in [-0.39, 0.29) is 30.3 Å². The molecule has 1 N–H and O–H groups in total. The molecule has 6 heteroatoms. The highest BCUT2D eigenvalue weighted by Gasteiger charge is 2.43. The Morgan fingerprint density at radius 2 is 1.61 bits per heavy atom. The number of aldehydes is 1. The van der Waals surface area contributed by atoms with Gasteiger partial charge in [0, 0.05) is 33.1 Å². The molecule has 28 heavy (non-hydrogen) atoms. The number of ether oxygens (including phenoxy) is 1. The number of hydrogen-bond donors (Lipinski definition) is 1. The van der Waals surface area contributed by atoms with E-state index in [2.05, 4.69) is 31.9 Å². The Bertz CT molecular complexity index is 888. The van der Waals surface area contributed by atoms with E-state index in [9.17, 15) is 14.7 Å². The number of aliphatic hydroxyl groups is 1. The van der Waals surface area contributed by atoms with E-state index in [0.29, 0.717) is 0 Å². The van der Waals surface area contributed by atoms with E-state index in [1.54, 1.807) is 6.92 Å². The number of aliphatic hydroxyl groups excluding tert-OH is 1. The minimum Gasteiger partial charge on any atom is -0.512 e. The molecule has 0 spiro atoms. The van der Waals surface area contributed by atoms with E-state index in [4.69, 9.17) is 4.74 Å². The Morgan fingerprint density at radius 1 is 1.07 bits per heavy atom. The molecule has 3 atom stereocenters. The molecule has 0 aromatic heterocycles. The van der Waals surface area contributed by atoms with Crippen molar-refractivity contribution < 1.29 is 19.4 Å². The van der Waals surface area contributed by atoms with E-state index in [0.717, 1.165) is 26.4 Å². The summed E-state index contributed by atoms with van der Waals surface area (Å²) in [5, 5.41) is 10.8. The fourth-order valence-electron chi connectivity index (χ4n) is 3.79. The third-order valence-electron chi connectivity index (χ3n) is 5.06. The maximum Gasteiger partial charge on any atom is 0.338 e. The second kappa shape index (κ2) is 9.05. The summed E-state index contributed by atoms with van der Waals surface area (Å²) in [5.74, 6) is -1.91. The van der Waals surface area contributed by atoms with Crippen molar-refractivity contribution in [3.8, 4) is 0 Å². The van der Waals surface area contributed by atoms with Crippen LogP contribution in [0.3, 0.4) is 0 Å². The van der Waals surface area contributed by atoms with Gasteiger partial charge >= 0.3 is 5.97 Å². The third kappa shape index (κ3) is 4.23. The predicted molar refractivity (Wildman–Crippen MR) is 114 cm³/mol. The number of esters is 1. The highest BCUT2D eigenvalue weighted by atomic mass is 79.9. The number of allylic oxidation sites excluding steroid dienone is 1. The molecule has 1 aliphatic rings. The summed E-state index contributed by atoms with van der Waals surface area (Å²) in [6.45, 7) is 1.92. The summed E-state index contributed by atoms with van der Waals surface area (Å²) in [6.07, 6.45) is 1.11. The first-order chi connectivity index (χ1) is 13.5. The molecule has 0 saturated carbocycles. The van der Waals surface area contributed by atoms with Crippen LogP contribution < -0.4 is 0 Å². The van der Waals surface area contributed by atoms with Crippen LogP contribution >= 0.6 is 31.9 Å². The lowest BCUT2D eigenvalue weighted by molar-refractivity contribution is -0.139. The average Bonchev–Trinajstić information content (AvgIpc) is 2.68. The molecule has 1 aliphatic carbocycles. The second-order valence-electron chi connectivity index (χ2n) is 6.69. The number of rotatable bonds is 5. The highest BCUT2D eigenvalue weighted by molar-refractivity contribution is 9.10. The molecule has 2 aromatic rings. The van der Waals surface area contributed by atoms with Crippen molar-refractivity contribution in [1.82, 2.24) is 0 Å². The van der Waals surface area contributed by atoms with E-state index < -0.39 is 17.8 Å². The molecule has 0 aliphatic heterocycles. The monoisotopic (exact) mass is 506 g/mol. The molecule has 0 saturated heterocycles. The average molecular weight is 508 g/mol. The van der Waals surface area contributed by atoms with Gasteiger partial charge in [0.25, 0.3) is 0 Å². The van der Waals surface area contributed by atoms with Crippen LogP contribution in [-0.2, 0) is 14.3 Å². The zero-order valence-electron chi connectivity index (χ0n) is 15.3. The summed E-state index contributed by atoms with van der Waals surface area (Å²) < 4.78 is 7.02. The van der Waals surface area contributed by atoms with Crippen LogP contribution in [0.25, 0.3) is 0 Å². The van der Waals surface area contributed by atoms with Crippen molar-refractivity contribution in [2.75, 3.05) is 6.61 Å². The second-order valence-corrected chi connectivity index (χ2v) is 8.52. The van der Waals surface area contributed by atoms with Gasteiger partial charge in [0.1, 0.15) is 12.0 Å². The molecule has 3 rings (SSSR count). The fourth-order valence-corrected chi connectivity index (χ4v) is 4.32. The van der Waals surface area contributed by atoms with Crippen LogP contribution in [0.2, 0.25) is 0 Å². The minimum absolute atomic E-state index is 0.0163. The Labute approximate surface area is 180 Å². The topological polar surface area (TPSA) is 63.6 Å². The van der Waals surface area contributed by atoms with Gasteiger partial charge in [-0.25, -0.2) is 4.79 Å². The standard InChI is InChI=1S/C22H20Br2O4/c1-2-28-22(27)21-19(26)11-17(13-3-7-15(23)8-4-13)18(12-25)20(21)14-5-9-16(24)10-6-14/h3-10,12,17-18,20,26H,2,11H2,1H3/t17-,18+,20-/m1/s1. The molecular formula is C22H20Br2O4. The first kappa shape index (κ1) is 20.8. The molecule has 0 heterocycles. The Morgan fingerprint density at radius 3 is 2.11 bits per heavy atom. The molecular weight excluding hydrogens is 488 g/mol. The third-order valence-corrected chi connectivity index (χ3v) is 6.12. The van der Waals surface area contributed by atoms with Gasteiger partial charge in [-0.1, -0.05) is 56.1 Å². The van der Waals surface area contributed by atoms with Crippen LogP contribution in [0.5, 0.6) is 0 Å². The molecule has 0 fully saturated rings. The lowest BCUT2D eigenvalue weighted by Crippen LogP contribution is -2.33. The lowest BCUT2D eigenvalue weighted by Gasteiger charge is -2.36. The number of carbonyl (C=O) groups is 2. The van der Waals surface area contributed by atoms with Crippen LogP contribution in [0.15, 0.2) is 68.8 Å². The largest absolute Gasteiger partial charge is 0.512 e. The van der Waals surface area contributed by atoms with Gasteiger partial charge in [0.05, 0.1) is 12.2 Å². The summed E-state index contributed by atoms with van der Waals surface area (Å²) in [6, 6.07) is 15.1. The fraction of sp³-hybridized carbons (Fsp3) is 0.273. The molecule has 4 nitrogen and oxygen atoms in total. The summed E-state index contributed by atoms with van der Waals surface area (Å²) in [4.78, 5) is 24.9. The number of carbonyl (C=O) groups excluding carboxylic acids is 2. The van der Waals surface area contributed by atoms with Gasteiger partial charge in [-0.05, 0) is 42.3 Å². The van der Waals surface area contributed by atoms with Crippen molar-refractivity contribution >= 4 is 44.1 Å². The van der Waals surface area contributed by atoms with Gasteiger partial charge in [0.15, 0.2) is 0 Å². The SMILES string of the molecule is CCOC(=O)C1=C(O)C[C@H](c2ccc(Br)cc2)[C@H](C=O)[C@H]1c1ccc(Br)cc1. The van der Waals surface area contributed by atoms with E-state index >= 15 is 0 Å². The van der Waals surface area contributed by atoms with Crippen molar-refractivity contribution in [1.29, 1.82) is 0 Å². The van der Waals surface area contributed by atoms with Crippen molar-refractivity contribution in [2.45, 2.75) is 25.2 Å². The summed E-state index contributed by atoms with van der Waals surface area (Å²) >= 11 is 6.83. The van der Waals surface area contributed by atoms with Gasteiger partial charge in [0.2, 0.25) is 0 Å². The smallest absolute Gasteiger partial charge is 0.338 e. The maximum absolute atomic E-state index is 12.6. The molecule has 2 aromatic carbocycles. The van der Waals surface area contributed by atoms with Gasteiger partial charge < -0.3 is 14.6 Å². The number of benzene rings is 2. The molecule has 0 unspecified atom stereocenters. The maximum atomic E-state index is 12.6. The van der Waals surface area contributed by atoms with Gasteiger partial charge in [-0.15, -0.1) is 0 Å². The lowest BCUT2D eigenvalue weighted by atomic mass is 9.67. The molecule has 0 bridgehead atoms. The minimum atomic E-state index is -0.577. The van der Waals surface area contributed by atoms with Crippen molar-refractivity contribution in [3.05, 3.63) is 79.9 Å². The van der Waals surface area contributed by atoms with Crippen molar-refractivity contribution in [3.63, 3.8) is 0 Å². The summed E-state index contributed by atoms with van der Waals surface area (Å²) in [7, 11) is 0. The molecule has 146 valence electrons. The molecule has 0 amide bonds. The van der Waals surface area contributed by atoms with Crippen LogP contribution in [0.1, 0.15) is 36.3 Å². The Hall–Kier alpha value is -1.92. The van der Waals surface area contributed by atoms with Crippen LogP contribution in [0, 0.1) is 5.92 Å². The highest BCUT2D eigenvalue weighted by Crippen LogP contribution is 2.48. The van der Waals surface area contributed by atoms with E-state index in [1.807, 2.05) is 48.5 Å². The van der Waals surface area contributed by atoms with Gasteiger partial charge in [-0.2, -0.15) is 0 Å². The molecule has 0 radical (unpaired) electrons. The first-order valence-electron chi connectivity index (χ1n) is 9.01.